The quantitative estimate of drug-likeness (QED) is 0.918. The number of rotatable bonds is 4. The first-order chi connectivity index (χ1) is 9.42. The number of hydrogen-bond donors (Lipinski definition) is 1. The molecule has 0 saturated carbocycles. The van der Waals surface area contributed by atoms with E-state index in [9.17, 15) is 5.11 Å². The summed E-state index contributed by atoms with van der Waals surface area (Å²) in [7, 11) is 1.62. The highest BCUT2D eigenvalue weighted by Crippen LogP contribution is 2.31. The van der Waals surface area contributed by atoms with Crippen molar-refractivity contribution in [2.45, 2.75) is 25.9 Å². The van der Waals surface area contributed by atoms with Crippen LogP contribution in [0.15, 0.2) is 42.5 Å². The van der Waals surface area contributed by atoms with Gasteiger partial charge in [0.2, 0.25) is 0 Å². The lowest BCUT2D eigenvalue weighted by atomic mass is 9.88. The molecule has 20 heavy (non-hydrogen) atoms. The fourth-order valence-corrected chi connectivity index (χ4v) is 2.47. The fourth-order valence-electron chi connectivity index (χ4n) is 2.27. The van der Waals surface area contributed by atoms with Gasteiger partial charge in [-0.25, -0.2) is 0 Å². The maximum atomic E-state index is 10.7. The minimum atomic E-state index is -0.967. The van der Waals surface area contributed by atoms with Crippen molar-refractivity contribution in [1.82, 2.24) is 0 Å². The molecule has 0 aliphatic carbocycles. The van der Waals surface area contributed by atoms with Crippen molar-refractivity contribution < 1.29 is 9.84 Å². The maximum absolute atomic E-state index is 10.7. The molecular weight excluding hydrogens is 272 g/mol. The lowest BCUT2D eigenvalue weighted by molar-refractivity contribution is 0.0570. The SMILES string of the molecule is COc1ccc(Cl)cc1CC(C)(O)c1ccc(C)cc1. The summed E-state index contributed by atoms with van der Waals surface area (Å²) in [4.78, 5) is 0. The average molecular weight is 291 g/mol. The van der Waals surface area contributed by atoms with Crippen molar-refractivity contribution in [3.05, 3.63) is 64.2 Å². The molecule has 0 fully saturated rings. The molecule has 0 aliphatic heterocycles. The van der Waals surface area contributed by atoms with Crippen LogP contribution in [0.2, 0.25) is 5.02 Å². The Morgan fingerprint density at radius 3 is 2.40 bits per heavy atom. The third-order valence-electron chi connectivity index (χ3n) is 3.45. The van der Waals surface area contributed by atoms with Gasteiger partial charge in [0.25, 0.3) is 0 Å². The van der Waals surface area contributed by atoms with E-state index in [1.807, 2.05) is 43.3 Å². The van der Waals surface area contributed by atoms with E-state index in [0.717, 1.165) is 16.9 Å². The van der Waals surface area contributed by atoms with E-state index in [1.165, 1.54) is 5.56 Å². The summed E-state index contributed by atoms with van der Waals surface area (Å²) in [6.07, 6.45) is 0.444. The number of aryl methyl sites for hydroxylation is 1. The molecule has 0 aromatic heterocycles. The summed E-state index contributed by atoms with van der Waals surface area (Å²) in [5.74, 6) is 0.738. The van der Waals surface area contributed by atoms with Crippen molar-refractivity contribution in [3.8, 4) is 5.75 Å². The zero-order valence-corrected chi connectivity index (χ0v) is 12.7. The van der Waals surface area contributed by atoms with Crippen molar-refractivity contribution in [3.63, 3.8) is 0 Å². The van der Waals surface area contributed by atoms with Gasteiger partial charge in [-0.1, -0.05) is 41.4 Å². The van der Waals surface area contributed by atoms with Crippen LogP contribution in [-0.4, -0.2) is 12.2 Å². The van der Waals surface area contributed by atoms with Gasteiger partial charge >= 0.3 is 0 Å². The Hall–Kier alpha value is -1.51. The number of hydrogen-bond acceptors (Lipinski definition) is 2. The number of ether oxygens (including phenoxy) is 1. The second-order valence-electron chi connectivity index (χ2n) is 5.27. The summed E-state index contributed by atoms with van der Waals surface area (Å²) >= 11 is 6.03. The van der Waals surface area contributed by atoms with Crippen molar-refractivity contribution in [2.75, 3.05) is 7.11 Å². The Labute approximate surface area is 125 Å². The first-order valence-corrected chi connectivity index (χ1v) is 6.92. The molecule has 2 rings (SSSR count). The van der Waals surface area contributed by atoms with Gasteiger partial charge in [-0.15, -0.1) is 0 Å². The lowest BCUT2D eigenvalue weighted by Crippen LogP contribution is -2.24. The molecule has 0 spiro atoms. The van der Waals surface area contributed by atoms with E-state index in [-0.39, 0.29) is 0 Å². The minimum absolute atomic E-state index is 0.444. The van der Waals surface area contributed by atoms with Crippen LogP contribution in [0, 0.1) is 6.92 Å². The Bertz CT molecular complexity index is 588. The summed E-state index contributed by atoms with van der Waals surface area (Å²) in [5, 5.41) is 11.4. The topological polar surface area (TPSA) is 29.5 Å². The monoisotopic (exact) mass is 290 g/mol. The van der Waals surface area contributed by atoms with E-state index in [0.29, 0.717) is 11.4 Å². The number of aliphatic hydroxyl groups is 1. The Morgan fingerprint density at radius 1 is 1.15 bits per heavy atom. The van der Waals surface area contributed by atoms with E-state index >= 15 is 0 Å². The summed E-state index contributed by atoms with van der Waals surface area (Å²) in [6, 6.07) is 13.3. The predicted octanol–water partition coefficient (Wildman–Crippen LogP) is 4.11. The third kappa shape index (κ3) is 3.33. The standard InChI is InChI=1S/C17H19ClO2/c1-12-4-6-14(7-5-12)17(2,19)11-13-10-15(18)8-9-16(13)20-3/h4-10,19H,11H2,1-3H3. The number of methoxy groups -OCH3 is 1. The van der Waals surface area contributed by atoms with E-state index < -0.39 is 5.60 Å². The van der Waals surface area contributed by atoms with Crippen LogP contribution >= 0.6 is 11.6 Å². The van der Waals surface area contributed by atoms with E-state index in [1.54, 1.807) is 20.1 Å². The van der Waals surface area contributed by atoms with Gasteiger partial charge in [-0.3, -0.25) is 0 Å². The zero-order valence-electron chi connectivity index (χ0n) is 12.0. The maximum Gasteiger partial charge on any atom is 0.122 e. The van der Waals surface area contributed by atoms with Crippen LogP contribution in [0.1, 0.15) is 23.6 Å². The van der Waals surface area contributed by atoms with Gasteiger partial charge in [-0.05, 0) is 43.2 Å². The zero-order chi connectivity index (χ0) is 14.8. The Kier molecular flexibility index (Phi) is 4.36. The van der Waals surface area contributed by atoms with Gasteiger partial charge in [0.1, 0.15) is 5.75 Å². The molecule has 3 heteroatoms. The first-order valence-electron chi connectivity index (χ1n) is 6.54. The highest BCUT2D eigenvalue weighted by molar-refractivity contribution is 6.30. The first kappa shape index (κ1) is 14.9. The van der Waals surface area contributed by atoms with Crippen LogP contribution in [-0.2, 0) is 12.0 Å². The molecule has 106 valence electrons. The molecular formula is C17H19ClO2. The van der Waals surface area contributed by atoms with Gasteiger partial charge in [-0.2, -0.15) is 0 Å². The third-order valence-corrected chi connectivity index (χ3v) is 3.69. The van der Waals surface area contributed by atoms with E-state index in [2.05, 4.69) is 0 Å². The molecule has 0 aliphatic rings. The Morgan fingerprint density at radius 2 is 1.80 bits per heavy atom. The van der Waals surface area contributed by atoms with Crippen LogP contribution in [0.5, 0.6) is 5.75 Å². The van der Waals surface area contributed by atoms with Crippen LogP contribution in [0.4, 0.5) is 0 Å². The van der Waals surface area contributed by atoms with Gasteiger partial charge in [0, 0.05) is 11.4 Å². The Balaban J connectivity index is 2.32. The smallest absolute Gasteiger partial charge is 0.122 e. The van der Waals surface area contributed by atoms with Gasteiger partial charge in [0.05, 0.1) is 12.7 Å². The summed E-state index contributed by atoms with van der Waals surface area (Å²) < 4.78 is 5.33. The molecule has 1 N–H and O–H groups in total. The van der Waals surface area contributed by atoms with E-state index in [4.69, 9.17) is 16.3 Å². The molecule has 0 amide bonds. The van der Waals surface area contributed by atoms with Crippen LogP contribution in [0.25, 0.3) is 0 Å². The molecule has 0 bridgehead atoms. The second kappa shape index (κ2) is 5.86. The largest absolute Gasteiger partial charge is 0.496 e. The van der Waals surface area contributed by atoms with Crippen LogP contribution in [0.3, 0.4) is 0 Å². The normalized spacial score (nSPS) is 13.8. The molecule has 2 nitrogen and oxygen atoms in total. The van der Waals surface area contributed by atoms with Crippen molar-refractivity contribution >= 4 is 11.6 Å². The summed E-state index contributed by atoms with van der Waals surface area (Å²) in [5.41, 5.74) is 1.98. The minimum Gasteiger partial charge on any atom is -0.496 e. The molecule has 1 atom stereocenters. The van der Waals surface area contributed by atoms with Crippen molar-refractivity contribution in [2.24, 2.45) is 0 Å². The molecule has 0 saturated heterocycles. The van der Waals surface area contributed by atoms with Gasteiger partial charge < -0.3 is 9.84 Å². The predicted molar refractivity (Wildman–Crippen MR) is 82.5 cm³/mol. The highest BCUT2D eigenvalue weighted by Gasteiger charge is 2.25. The molecule has 0 heterocycles. The molecule has 2 aromatic carbocycles. The lowest BCUT2D eigenvalue weighted by Gasteiger charge is -2.25. The molecule has 0 radical (unpaired) electrons. The number of benzene rings is 2. The van der Waals surface area contributed by atoms with Gasteiger partial charge in [0.15, 0.2) is 0 Å². The summed E-state index contributed by atoms with van der Waals surface area (Å²) in [6.45, 7) is 3.83. The van der Waals surface area contributed by atoms with Crippen molar-refractivity contribution in [1.29, 1.82) is 0 Å². The number of halogens is 1. The fraction of sp³-hybridized carbons (Fsp3) is 0.294. The second-order valence-corrected chi connectivity index (χ2v) is 5.71. The molecule has 2 aromatic rings. The highest BCUT2D eigenvalue weighted by atomic mass is 35.5. The van der Waals surface area contributed by atoms with Crippen LogP contribution < -0.4 is 4.74 Å². The average Bonchev–Trinajstić information content (AvgIpc) is 2.39. The molecule has 1 unspecified atom stereocenters.